The summed E-state index contributed by atoms with van der Waals surface area (Å²) in [4.78, 5) is 82.6. The molecule has 0 aliphatic carbocycles. The normalized spacial score (nSPS) is 12.7. The molecular formula is C48H20F24N6O12. The van der Waals surface area contributed by atoms with Crippen LogP contribution in [0.1, 0.15) is 62.1 Å². The molecular weight excluding hydrogens is 1310 g/mol. The molecule has 6 aromatic rings. The molecule has 42 heteroatoms. The van der Waals surface area contributed by atoms with Gasteiger partial charge in [0, 0.05) is 0 Å². The Morgan fingerprint density at radius 2 is 0.356 bits per heavy atom. The molecule has 0 fully saturated rings. The number of benzene rings is 6. The monoisotopic (exact) mass is 1330 g/mol. The summed E-state index contributed by atoms with van der Waals surface area (Å²) >= 11 is 0. The zero-order valence-electron chi connectivity index (χ0n) is 42.2. The molecule has 4 unspecified atom stereocenters. The van der Waals surface area contributed by atoms with Gasteiger partial charge in [-0.05, 0) is 0 Å². The fraction of sp³-hybridized carbons (Fsp3) is 0.125. The highest BCUT2D eigenvalue weighted by Gasteiger charge is 2.50. The molecule has 0 spiro atoms. The van der Waals surface area contributed by atoms with Gasteiger partial charge in [0.25, 0.3) is 0 Å². The number of halogens is 24. The van der Waals surface area contributed by atoms with E-state index in [1.807, 2.05) is 0 Å². The second kappa shape index (κ2) is 25.5. The van der Waals surface area contributed by atoms with Crippen molar-refractivity contribution in [3.05, 3.63) is 173 Å². The Balaban J connectivity index is 1.79. The molecule has 0 aliphatic heterocycles. The summed E-state index contributed by atoms with van der Waals surface area (Å²) in [7, 11) is 0. The first kappa shape index (κ1) is 68.4. The van der Waals surface area contributed by atoms with Crippen molar-refractivity contribution in [2.45, 2.75) is 24.4 Å². The highest BCUT2D eigenvalue weighted by Crippen LogP contribution is 2.36. The second-order valence-electron chi connectivity index (χ2n) is 17.1. The van der Waals surface area contributed by atoms with Crippen LogP contribution in [0.25, 0.3) is 0 Å². The van der Waals surface area contributed by atoms with Crippen LogP contribution in [0.2, 0.25) is 0 Å². The molecule has 0 heterocycles. The molecule has 0 aliphatic rings. The third-order valence-corrected chi connectivity index (χ3v) is 11.8. The lowest BCUT2D eigenvalue weighted by Gasteiger charge is -2.36. The Hall–Kier alpha value is -10.7. The van der Waals surface area contributed by atoms with Crippen LogP contribution in [-0.2, 0) is 28.4 Å². The van der Waals surface area contributed by atoms with Crippen LogP contribution in [0.5, 0.6) is 0 Å². The van der Waals surface area contributed by atoms with Crippen molar-refractivity contribution in [2.24, 2.45) is 0 Å². The van der Waals surface area contributed by atoms with E-state index in [0.29, 0.717) is 0 Å². The maximum atomic E-state index is 15.6. The van der Waals surface area contributed by atoms with Gasteiger partial charge in [0.05, 0.1) is 0 Å². The quantitative estimate of drug-likeness (QED) is 0.0164. The molecule has 0 amide bonds. The minimum Gasteiger partial charge on any atom is -0.458 e. The molecule has 0 saturated carbocycles. The number of hydrogen-bond donors (Lipinski definition) is 6. The molecule has 18 nitrogen and oxygen atoms in total. The molecule has 12 N–H and O–H groups in total. The predicted molar refractivity (Wildman–Crippen MR) is 241 cm³/mol. The summed E-state index contributed by atoms with van der Waals surface area (Å²) in [6, 6.07) is 0. The van der Waals surface area contributed by atoms with E-state index in [9.17, 15) is 81.5 Å². The third kappa shape index (κ3) is 11.8. The van der Waals surface area contributed by atoms with E-state index in [4.69, 9.17) is 34.4 Å². The number of rotatable bonds is 17. The molecule has 4 atom stereocenters. The molecule has 0 bridgehead atoms. The van der Waals surface area contributed by atoms with Gasteiger partial charge >= 0.3 is 35.8 Å². The van der Waals surface area contributed by atoms with Crippen molar-refractivity contribution in [1.29, 1.82) is 0 Å². The summed E-state index contributed by atoms with van der Waals surface area (Å²) in [6.45, 7) is -5.85. The molecule has 482 valence electrons. The fourth-order valence-electron chi connectivity index (χ4n) is 7.29. The highest BCUT2D eigenvalue weighted by molar-refractivity contribution is 5.95. The second-order valence-corrected chi connectivity index (χ2v) is 17.1. The van der Waals surface area contributed by atoms with Crippen LogP contribution in [0.3, 0.4) is 0 Å². The van der Waals surface area contributed by atoms with Gasteiger partial charge in [-0.25, -0.2) is 134 Å². The van der Waals surface area contributed by atoms with E-state index >= 15 is 52.7 Å². The maximum Gasteiger partial charge on any atom is 0.344 e. The van der Waals surface area contributed by atoms with Crippen LogP contribution < -0.4 is 34.4 Å². The van der Waals surface area contributed by atoms with Crippen LogP contribution in [0, 0.1) is 140 Å². The van der Waals surface area contributed by atoms with Crippen molar-refractivity contribution < 1.29 is 163 Å². The molecule has 6 rings (SSSR count). The summed E-state index contributed by atoms with van der Waals surface area (Å²) in [5.74, 6) is -90.6. The van der Waals surface area contributed by atoms with E-state index in [2.05, 4.69) is 28.4 Å². The average molecular weight is 1330 g/mol. The van der Waals surface area contributed by atoms with Crippen molar-refractivity contribution in [3.63, 3.8) is 0 Å². The highest BCUT2D eigenvalue weighted by atomic mass is 19.2. The molecule has 90 heavy (non-hydrogen) atoms. The Morgan fingerprint density at radius 3 is 0.511 bits per heavy atom. The van der Waals surface area contributed by atoms with Gasteiger partial charge in [0.15, 0.2) is 164 Å². The number of hydrogen-bond acceptors (Lipinski definition) is 18. The van der Waals surface area contributed by atoms with Crippen molar-refractivity contribution >= 4 is 69.9 Å². The minimum atomic E-state index is -4.54. The van der Waals surface area contributed by atoms with Crippen molar-refractivity contribution in [3.8, 4) is 0 Å². The SMILES string of the molecule is Nc1c(F)c(F)c(C(=O)OCC(OC(=O)c2c(F)c(F)c(N)c(F)c2F)C(OC(=O)c2c(F)c(F)c(N)c(F)c2F)C(OC(=O)c2c(F)c(F)c(N)c(F)c2F)C(COC(=O)c2c(F)c(F)c(N)c(F)c2F)OC(=O)c2c(F)c(F)c(N)c(F)c2F)c(F)c1F. The number of nitrogen functional groups attached to an aromatic ring is 6. The van der Waals surface area contributed by atoms with E-state index in [1.54, 1.807) is 0 Å². The fourth-order valence-corrected chi connectivity index (χ4v) is 7.29. The van der Waals surface area contributed by atoms with Gasteiger partial charge in [0.2, 0.25) is 0 Å². The largest absolute Gasteiger partial charge is 0.458 e. The van der Waals surface area contributed by atoms with Crippen LogP contribution in [-0.4, -0.2) is 73.4 Å². The average Bonchev–Trinajstić information content (AvgIpc) is 1.37. The smallest absolute Gasteiger partial charge is 0.344 e. The number of carbonyl (C=O) groups is 6. The summed E-state index contributed by atoms with van der Waals surface area (Å²) in [6.07, 6.45) is -17.6. The Morgan fingerprint density at radius 1 is 0.222 bits per heavy atom. The maximum absolute atomic E-state index is 15.6. The Kier molecular flexibility index (Phi) is 19.4. The molecule has 0 saturated heterocycles. The third-order valence-electron chi connectivity index (χ3n) is 11.8. The number of carbonyl (C=O) groups excluding carboxylic acids is 6. The topological polar surface area (TPSA) is 314 Å². The lowest BCUT2D eigenvalue weighted by atomic mass is 10.0. The first-order chi connectivity index (χ1) is 41.7. The lowest BCUT2D eigenvalue weighted by Crippen LogP contribution is -2.55. The summed E-state index contributed by atoms with van der Waals surface area (Å²) in [5, 5.41) is 0. The van der Waals surface area contributed by atoms with Crippen molar-refractivity contribution in [1.82, 2.24) is 0 Å². The minimum absolute atomic E-state index is 2.12. The Labute approximate surface area is 477 Å². The van der Waals surface area contributed by atoms with Crippen molar-refractivity contribution in [2.75, 3.05) is 47.6 Å². The summed E-state index contributed by atoms with van der Waals surface area (Å²) < 4.78 is 390. The van der Waals surface area contributed by atoms with Gasteiger partial charge in [-0.3, -0.25) is 0 Å². The van der Waals surface area contributed by atoms with E-state index in [0.717, 1.165) is 0 Å². The zero-order chi connectivity index (χ0) is 68.2. The zero-order valence-corrected chi connectivity index (χ0v) is 42.2. The number of ether oxygens (including phenoxy) is 6. The van der Waals surface area contributed by atoms with E-state index in [1.165, 1.54) is 0 Å². The standard InChI is InChI=1S/C48H20F24N6O12/c49-11-5(12(50)24(62)35(73)23(11)61)43(79)85-1-3(87-45(81)7-15(53)27(65)37(75)28(66)16(7)54)41(89-47(83)9-19(57)31(69)39(77)32(70)20(9)58)42(90-48(84)10-21(59)33(71)40(78)34(72)22(10)60)4(88-46(82)8-17(55)29(67)38(76)30(68)18(8)56)2-86-44(80)6-13(51)25(63)36(74)26(64)14(6)52/h3-4,41-42H,1-2,73-78H2. The predicted octanol–water partition coefficient (Wildman–Crippen LogP) is 8.43. The molecule has 0 radical (unpaired) electrons. The van der Waals surface area contributed by atoms with Crippen LogP contribution in [0.4, 0.5) is 139 Å². The molecule has 6 aromatic carbocycles. The van der Waals surface area contributed by atoms with Gasteiger partial charge in [-0.15, -0.1) is 0 Å². The van der Waals surface area contributed by atoms with Gasteiger partial charge < -0.3 is 62.8 Å². The van der Waals surface area contributed by atoms with E-state index < -0.39 is 281 Å². The summed E-state index contributed by atoms with van der Waals surface area (Å²) in [5.41, 5.74) is -1.25. The first-order valence-corrected chi connectivity index (χ1v) is 22.6. The van der Waals surface area contributed by atoms with E-state index in [-0.39, 0.29) is 0 Å². The lowest BCUT2D eigenvalue weighted by molar-refractivity contribution is -0.139. The van der Waals surface area contributed by atoms with Gasteiger partial charge in [-0.2, -0.15) is 0 Å². The van der Waals surface area contributed by atoms with Crippen LogP contribution in [0.15, 0.2) is 0 Å². The van der Waals surface area contributed by atoms with Gasteiger partial charge in [0.1, 0.15) is 80.7 Å². The number of anilines is 6. The number of nitrogens with two attached hydrogens (primary N) is 6. The number of esters is 6. The molecule has 0 aromatic heterocycles. The Bertz CT molecular complexity index is 3690. The van der Waals surface area contributed by atoms with Crippen LogP contribution >= 0.6 is 0 Å². The van der Waals surface area contributed by atoms with Gasteiger partial charge in [-0.1, -0.05) is 0 Å². The first-order valence-electron chi connectivity index (χ1n) is 22.6.